The number of hydrogen-bond donors (Lipinski definition) is 2. The number of carboxylic acids is 1. The minimum Gasteiger partial charge on any atom is -0.481 e. The van der Waals surface area contributed by atoms with Crippen LogP contribution in [0, 0.1) is 0 Å². The van der Waals surface area contributed by atoms with Gasteiger partial charge in [-0.15, -0.1) is 0 Å². The van der Waals surface area contributed by atoms with E-state index in [0.29, 0.717) is 6.42 Å². The maximum absolute atomic E-state index is 10.4. The van der Waals surface area contributed by atoms with Gasteiger partial charge in [-0.2, -0.15) is 5.10 Å². The highest BCUT2D eigenvalue weighted by atomic mass is 16.4. The molecule has 1 heterocycles. The van der Waals surface area contributed by atoms with Gasteiger partial charge in [-0.3, -0.25) is 9.89 Å². The molecule has 0 aromatic carbocycles. The van der Waals surface area contributed by atoms with Crippen LogP contribution in [0.15, 0.2) is 6.20 Å². The van der Waals surface area contributed by atoms with Gasteiger partial charge in [0.1, 0.15) is 0 Å². The molecule has 0 fully saturated rings. The summed E-state index contributed by atoms with van der Waals surface area (Å²) in [5, 5.41) is 15.4. The molecule has 14 heavy (non-hydrogen) atoms. The summed E-state index contributed by atoms with van der Waals surface area (Å²) in [5.41, 5.74) is 2.04. The predicted octanol–water partition coefficient (Wildman–Crippen LogP) is 1.72. The minimum absolute atomic E-state index is 0.0147. The van der Waals surface area contributed by atoms with Crippen LogP contribution in [0.1, 0.15) is 38.4 Å². The number of hydrogen-bond acceptors (Lipinski definition) is 2. The number of nitrogens with zero attached hydrogens (tertiary/aromatic N) is 1. The second-order valence-electron chi connectivity index (χ2n) is 4.41. The summed E-state index contributed by atoms with van der Waals surface area (Å²) in [6.07, 6.45) is 2.43. The third-order valence-electron chi connectivity index (χ3n) is 2.12. The standard InChI is InChI=1S/C10H16N2O2/c1-10(2,3)7-6-11-12-8(7)4-5-9(13)14/h6H,4-5H2,1-3H3,(H,11,12)(H,13,14). The van der Waals surface area contributed by atoms with Crippen LogP contribution < -0.4 is 0 Å². The first-order valence-corrected chi connectivity index (χ1v) is 4.66. The molecule has 0 amide bonds. The van der Waals surface area contributed by atoms with Crippen LogP contribution in [-0.2, 0) is 16.6 Å². The van der Waals surface area contributed by atoms with E-state index in [1.54, 1.807) is 6.20 Å². The SMILES string of the molecule is CC(C)(C)c1cn[nH]c1CCC(=O)O. The highest BCUT2D eigenvalue weighted by Crippen LogP contribution is 2.24. The molecular weight excluding hydrogens is 180 g/mol. The third kappa shape index (κ3) is 2.58. The monoisotopic (exact) mass is 196 g/mol. The molecule has 0 aliphatic carbocycles. The van der Waals surface area contributed by atoms with Crippen LogP contribution in [0.5, 0.6) is 0 Å². The first-order chi connectivity index (χ1) is 6.41. The van der Waals surface area contributed by atoms with Crippen molar-refractivity contribution in [3.8, 4) is 0 Å². The van der Waals surface area contributed by atoms with Crippen molar-refractivity contribution in [1.82, 2.24) is 10.2 Å². The van der Waals surface area contributed by atoms with Gasteiger partial charge in [0.2, 0.25) is 0 Å². The molecular formula is C10H16N2O2. The number of aryl methyl sites for hydroxylation is 1. The van der Waals surface area contributed by atoms with Crippen molar-refractivity contribution in [2.75, 3.05) is 0 Å². The first-order valence-electron chi connectivity index (χ1n) is 4.66. The van der Waals surface area contributed by atoms with Crippen LogP contribution >= 0.6 is 0 Å². The van der Waals surface area contributed by atoms with Crippen LogP contribution in [-0.4, -0.2) is 21.3 Å². The molecule has 78 valence electrons. The Balaban J connectivity index is 2.78. The van der Waals surface area contributed by atoms with Gasteiger partial charge in [-0.25, -0.2) is 0 Å². The lowest BCUT2D eigenvalue weighted by atomic mass is 9.86. The molecule has 0 aliphatic rings. The molecule has 0 radical (unpaired) electrons. The summed E-state index contributed by atoms with van der Waals surface area (Å²) in [6.45, 7) is 6.26. The number of aromatic amines is 1. The molecule has 0 bridgehead atoms. The predicted molar refractivity (Wildman–Crippen MR) is 53.2 cm³/mol. The molecule has 0 saturated heterocycles. The van der Waals surface area contributed by atoms with E-state index in [2.05, 4.69) is 31.0 Å². The number of carboxylic acid groups (broad SMARTS) is 1. The smallest absolute Gasteiger partial charge is 0.303 e. The second kappa shape index (κ2) is 3.82. The summed E-state index contributed by atoms with van der Waals surface area (Å²) in [6, 6.07) is 0. The summed E-state index contributed by atoms with van der Waals surface area (Å²) in [7, 11) is 0. The summed E-state index contributed by atoms with van der Waals surface area (Å²) >= 11 is 0. The van der Waals surface area contributed by atoms with Crippen LogP contribution in [0.2, 0.25) is 0 Å². The highest BCUT2D eigenvalue weighted by molar-refractivity contribution is 5.67. The Morgan fingerprint density at radius 1 is 1.57 bits per heavy atom. The molecule has 0 saturated carbocycles. The Morgan fingerprint density at radius 2 is 2.21 bits per heavy atom. The van der Waals surface area contributed by atoms with E-state index in [1.807, 2.05) is 0 Å². The Labute approximate surface area is 83.3 Å². The zero-order valence-electron chi connectivity index (χ0n) is 8.79. The Hall–Kier alpha value is -1.32. The quantitative estimate of drug-likeness (QED) is 0.773. The minimum atomic E-state index is -0.778. The van der Waals surface area contributed by atoms with Gasteiger partial charge in [-0.1, -0.05) is 20.8 Å². The van der Waals surface area contributed by atoms with E-state index in [1.165, 1.54) is 0 Å². The summed E-state index contributed by atoms with van der Waals surface area (Å²) < 4.78 is 0. The normalized spacial score (nSPS) is 11.6. The van der Waals surface area contributed by atoms with Crippen LogP contribution in [0.4, 0.5) is 0 Å². The molecule has 0 unspecified atom stereocenters. The van der Waals surface area contributed by atoms with Gasteiger partial charge in [0.15, 0.2) is 0 Å². The van der Waals surface area contributed by atoms with Crippen molar-refractivity contribution >= 4 is 5.97 Å². The second-order valence-corrected chi connectivity index (χ2v) is 4.41. The van der Waals surface area contributed by atoms with Crippen molar-refractivity contribution in [3.05, 3.63) is 17.5 Å². The zero-order chi connectivity index (χ0) is 10.8. The van der Waals surface area contributed by atoms with Gasteiger partial charge in [-0.05, 0) is 17.4 Å². The lowest BCUT2D eigenvalue weighted by Gasteiger charge is -2.18. The molecule has 0 aliphatic heterocycles. The number of nitrogens with one attached hydrogen (secondary N) is 1. The Bertz CT molecular complexity index is 323. The largest absolute Gasteiger partial charge is 0.481 e. The third-order valence-corrected chi connectivity index (χ3v) is 2.12. The highest BCUT2D eigenvalue weighted by Gasteiger charge is 2.19. The average molecular weight is 196 g/mol. The number of rotatable bonds is 3. The maximum atomic E-state index is 10.4. The number of H-pyrrole nitrogens is 1. The van der Waals surface area contributed by atoms with E-state index < -0.39 is 5.97 Å². The van der Waals surface area contributed by atoms with Crippen molar-refractivity contribution in [2.24, 2.45) is 0 Å². The molecule has 2 N–H and O–H groups in total. The molecule has 1 aromatic rings. The van der Waals surface area contributed by atoms with Crippen LogP contribution in [0.3, 0.4) is 0 Å². The molecule has 4 heteroatoms. The van der Waals surface area contributed by atoms with Crippen LogP contribution in [0.25, 0.3) is 0 Å². The van der Waals surface area contributed by atoms with Gasteiger partial charge in [0, 0.05) is 5.69 Å². The van der Waals surface area contributed by atoms with E-state index in [9.17, 15) is 4.79 Å². The van der Waals surface area contributed by atoms with Gasteiger partial charge in [0.05, 0.1) is 12.6 Å². The topological polar surface area (TPSA) is 66.0 Å². The van der Waals surface area contributed by atoms with E-state index >= 15 is 0 Å². The van der Waals surface area contributed by atoms with Gasteiger partial charge in [0.25, 0.3) is 0 Å². The van der Waals surface area contributed by atoms with Crippen molar-refractivity contribution in [3.63, 3.8) is 0 Å². The molecule has 1 aromatic heterocycles. The summed E-state index contributed by atoms with van der Waals surface area (Å²) in [4.78, 5) is 10.4. The molecule has 4 nitrogen and oxygen atoms in total. The van der Waals surface area contributed by atoms with E-state index in [4.69, 9.17) is 5.11 Å². The first kappa shape index (κ1) is 10.8. The van der Waals surface area contributed by atoms with Gasteiger partial charge >= 0.3 is 5.97 Å². The summed E-state index contributed by atoms with van der Waals surface area (Å²) in [5.74, 6) is -0.778. The fraction of sp³-hybridized carbons (Fsp3) is 0.600. The van der Waals surface area contributed by atoms with E-state index in [-0.39, 0.29) is 11.8 Å². The lowest BCUT2D eigenvalue weighted by molar-refractivity contribution is -0.136. The maximum Gasteiger partial charge on any atom is 0.303 e. The average Bonchev–Trinajstić information content (AvgIpc) is 2.46. The van der Waals surface area contributed by atoms with E-state index in [0.717, 1.165) is 11.3 Å². The molecule has 0 atom stereocenters. The zero-order valence-corrected chi connectivity index (χ0v) is 8.79. The molecule has 0 spiro atoms. The Kier molecular flexibility index (Phi) is 2.93. The lowest BCUT2D eigenvalue weighted by Crippen LogP contribution is -2.13. The number of aliphatic carboxylic acids is 1. The fourth-order valence-electron chi connectivity index (χ4n) is 1.38. The Morgan fingerprint density at radius 3 is 2.71 bits per heavy atom. The molecule has 1 rings (SSSR count). The fourth-order valence-corrected chi connectivity index (χ4v) is 1.38. The van der Waals surface area contributed by atoms with Crippen molar-refractivity contribution < 1.29 is 9.90 Å². The van der Waals surface area contributed by atoms with Crippen molar-refractivity contribution in [1.29, 1.82) is 0 Å². The number of carbonyl (C=O) groups is 1. The van der Waals surface area contributed by atoms with Gasteiger partial charge < -0.3 is 5.11 Å². The number of aromatic nitrogens is 2. The van der Waals surface area contributed by atoms with Crippen molar-refractivity contribution in [2.45, 2.75) is 39.0 Å².